The van der Waals surface area contributed by atoms with Gasteiger partial charge in [0.1, 0.15) is 0 Å². The van der Waals surface area contributed by atoms with Crippen molar-refractivity contribution in [1.29, 1.82) is 0 Å². The van der Waals surface area contributed by atoms with E-state index in [0.717, 1.165) is 4.31 Å². The molecule has 0 unspecified atom stereocenters. The van der Waals surface area contributed by atoms with Gasteiger partial charge in [-0.1, -0.05) is 0 Å². The van der Waals surface area contributed by atoms with Gasteiger partial charge in [0.2, 0.25) is 0 Å². The molecule has 0 fully saturated rings. The summed E-state index contributed by atoms with van der Waals surface area (Å²) < 4.78 is 26.6. The summed E-state index contributed by atoms with van der Waals surface area (Å²) in [5, 5.41) is 15.8. The predicted molar refractivity (Wildman–Crippen MR) is 62.7 cm³/mol. The van der Waals surface area contributed by atoms with Crippen LogP contribution in [0.4, 0.5) is 0 Å². The van der Waals surface area contributed by atoms with Crippen molar-refractivity contribution in [3.63, 3.8) is 0 Å². The lowest BCUT2D eigenvalue weighted by Gasteiger charge is -2.16. The number of aromatic nitrogens is 2. The molecule has 0 amide bonds. The van der Waals surface area contributed by atoms with Crippen molar-refractivity contribution in [2.75, 3.05) is 13.6 Å². The van der Waals surface area contributed by atoms with Crippen LogP contribution in [0.2, 0.25) is 0 Å². The number of carbonyl (C=O) groups is 1. The minimum atomic E-state index is -3.70. The second kappa shape index (κ2) is 6.38. The quantitative estimate of drug-likeness (QED) is 0.674. The molecule has 0 spiro atoms. The molecule has 0 saturated carbocycles. The number of carboxylic acids is 1. The van der Waals surface area contributed by atoms with Crippen molar-refractivity contribution in [3.8, 4) is 0 Å². The number of nitrogens with one attached hydrogen (secondary N) is 1. The normalized spacial score (nSPS) is 11.7. The molecule has 0 aliphatic heterocycles. The molecule has 1 aromatic heterocycles. The fraction of sp³-hybridized carbons (Fsp3) is 0.444. The first-order chi connectivity index (χ1) is 8.42. The third-order valence-electron chi connectivity index (χ3n) is 2.11. The van der Waals surface area contributed by atoms with Gasteiger partial charge in [0.15, 0.2) is 0 Å². The van der Waals surface area contributed by atoms with Crippen LogP contribution in [0.1, 0.15) is 12.1 Å². The lowest BCUT2D eigenvalue weighted by atomic mass is 10.4. The van der Waals surface area contributed by atoms with E-state index in [-0.39, 0.29) is 19.5 Å². The maximum Gasteiger partial charge on any atom is 0.304 e. The molecule has 1 aromatic rings. The maximum absolute atomic E-state index is 11.7. The molecule has 0 bridgehead atoms. The van der Waals surface area contributed by atoms with Crippen molar-refractivity contribution >= 4 is 16.2 Å². The van der Waals surface area contributed by atoms with E-state index in [0.29, 0.717) is 5.69 Å². The van der Waals surface area contributed by atoms with E-state index >= 15 is 0 Å². The van der Waals surface area contributed by atoms with Gasteiger partial charge in [-0.05, 0) is 12.1 Å². The van der Waals surface area contributed by atoms with Gasteiger partial charge in [-0.3, -0.25) is 4.79 Å². The number of nitrogens with zero attached hydrogens (tertiary/aromatic N) is 3. The van der Waals surface area contributed by atoms with Gasteiger partial charge >= 0.3 is 5.97 Å². The second-order valence-electron chi connectivity index (χ2n) is 3.51. The van der Waals surface area contributed by atoms with E-state index in [2.05, 4.69) is 14.9 Å². The minimum absolute atomic E-state index is 0.00752. The average molecular weight is 274 g/mol. The Balaban J connectivity index is 2.51. The summed E-state index contributed by atoms with van der Waals surface area (Å²) in [7, 11) is -2.39. The van der Waals surface area contributed by atoms with Gasteiger partial charge in [0.05, 0.1) is 18.7 Å². The Morgan fingerprint density at radius 1 is 1.56 bits per heavy atom. The van der Waals surface area contributed by atoms with Crippen molar-refractivity contribution in [3.05, 3.63) is 24.0 Å². The van der Waals surface area contributed by atoms with E-state index in [1.165, 1.54) is 13.2 Å². The van der Waals surface area contributed by atoms with Gasteiger partial charge in [-0.25, -0.2) is 0 Å². The van der Waals surface area contributed by atoms with Crippen molar-refractivity contribution in [2.24, 2.45) is 0 Å². The van der Waals surface area contributed by atoms with E-state index in [1.807, 2.05) is 0 Å². The SMILES string of the molecule is CN(CCC(=O)O)S(=O)(=O)NCc1cccnn1. The molecule has 0 atom stereocenters. The lowest BCUT2D eigenvalue weighted by molar-refractivity contribution is -0.137. The van der Waals surface area contributed by atoms with Gasteiger partial charge in [-0.15, -0.1) is 0 Å². The smallest absolute Gasteiger partial charge is 0.304 e. The molecule has 2 N–H and O–H groups in total. The molecular formula is C9H14N4O4S. The zero-order chi connectivity index (χ0) is 13.6. The first-order valence-electron chi connectivity index (χ1n) is 5.11. The minimum Gasteiger partial charge on any atom is -0.481 e. The summed E-state index contributed by atoms with van der Waals surface area (Å²) >= 11 is 0. The standard InChI is InChI=1S/C9H14N4O4S/c1-13(6-4-9(14)15)18(16,17)11-7-8-3-2-5-10-12-8/h2-3,5,11H,4,6-7H2,1H3,(H,14,15). The van der Waals surface area contributed by atoms with E-state index < -0.39 is 16.2 Å². The average Bonchev–Trinajstić information content (AvgIpc) is 2.34. The lowest BCUT2D eigenvalue weighted by Crippen LogP contribution is -2.39. The summed E-state index contributed by atoms with van der Waals surface area (Å²) in [5.74, 6) is -1.05. The predicted octanol–water partition coefficient (Wildman–Crippen LogP) is -0.782. The summed E-state index contributed by atoms with van der Waals surface area (Å²) in [4.78, 5) is 10.3. The highest BCUT2D eigenvalue weighted by atomic mass is 32.2. The topological polar surface area (TPSA) is 112 Å². The highest BCUT2D eigenvalue weighted by Crippen LogP contribution is 1.98. The molecule has 9 heteroatoms. The van der Waals surface area contributed by atoms with Crippen LogP contribution in [-0.4, -0.2) is 47.6 Å². The van der Waals surface area contributed by atoms with Crippen LogP contribution in [0.25, 0.3) is 0 Å². The third kappa shape index (κ3) is 4.73. The first-order valence-corrected chi connectivity index (χ1v) is 6.55. The van der Waals surface area contributed by atoms with Crippen molar-refractivity contribution in [2.45, 2.75) is 13.0 Å². The fourth-order valence-electron chi connectivity index (χ4n) is 1.08. The molecule has 1 heterocycles. The van der Waals surface area contributed by atoms with Crippen LogP contribution in [0, 0.1) is 0 Å². The van der Waals surface area contributed by atoms with E-state index in [1.54, 1.807) is 12.1 Å². The van der Waals surface area contributed by atoms with Crippen molar-refractivity contribution in [1.82, 2.24) is 19.2 Å². The van der Waals surface area contributed by atoms with Crippen LogP contribution >= 0.6 is 0 Å². The number of rotatable bonds is 7. The Labute approximate surface area is 105 Å². The molecule has 0 aliphatic rings. The molecule has 18 heavy (non-hydrogen) atoms. The Hall–Kier alpha value is -1.58. The Kier molecular flexibility index (Phi) is 5.13. The summed E-state index contributed by atoms with van der Waals surface area (Å²) in [6.45, 7) is -0.0846. The highest BCUT2D eigenvalue weighted by molar-refractivity contribution is 7.87. The molecular weight excluding hydrogens is 260 g/mol. The van der Waals surface area contributed by atoms with Gasteiger partial charge < -0.3 is 5.11 Å². The van der Waals surface area contributed by atoms with Crippen LogP contribution < -0.4 is 4.72 Å². The molecule has 1 rings (SSSR count). The molecule has 100 valence electrons. The first kappa shape index (κ1) is 14.5. The Morgan fingerprint density at radius 2 is 2.28 bits per heavy atom. The Bertz CT molecular complexity index is 491. The molecule has 0 saturated heterocycles. The zero-order valence-electron chi connectivity index (χ0n) is 9.78. The number of hydrogen-bond acceptors (Lipinski definition) is 5. The summed E-state index contributed by atoms with van der Waals surface area (Å²) in [6.07, 6.45) is 1.24. The number of aliphatic carboxylic acids is 1. The number of hydrogen-bond donors (Lipinski definition) is 2. The molecule has 0 aliphatic carbocycles. The monoisotopic (exact) mass is 274 g/mol. The maximum atomic E-state index is 11.7. The van der Waals surface area contributed by atoms with Crippen LogP contribution in [0.3, 0.4) is 0 Å². The highest BCUT2D eigenvalue weighted by Gasteiger charge is 2.17. The second-order valence-corrected chi connectivity index (χ2v) is 5.37. The summed E-state index contributed by atoms with van der Waals surface area (Å²) in [6, 6.07) is 3.28. The third-order valence-corrected chi connectivity index (χ3v) is 3.63. The largest absolute Gasteiger partial charge is 0.481 e. The van der Waals surface area contributed by atoms with Crippen LogP contribution in [-0.2, 0) is 21.5 Å². The van der Waals surface area contributed by atoms with Gasteiger partial charge in [0, 0.05) is 19.8 Å². The van der Waals surface area contributed by atoms with Crippen LogP contribution in [0.5, 0.6) is 0 Å². The fourth-order valence-corrected chi connectivity index (χ4v) is 1.96. The van der Waals surface area contributed by atoms with E-state index in [9.17, 15) is 13.2 Å². The summed E-state index contributed by atoms with van der Waals surface area (Å²) in [5.41, 5.74) is 0.479. The zero-order valence-corrected chi connectivity index (χ0v) is 10.6. The van der Waals surface area contributed by atoms with Crippen LogP contribution in [0.15, 0.2) is 18.3 Å². The number of carboxylic acid groups (broad SMARTS) is 1. The molecule has 8 nitrogen and oxygen atoms in total. The van der Waals surface area contributed by atoms with E-state index in [4.69, 9.17) is 5.11 Å². The van der Waals surface area contributed by atoms with Crippen molar-refractivity contribution < 1.29 is 18.3 Å². The Morgan fingerprint density at radius 3 is 2.83 bits per heavy atom. The molecule has 0 radical (unpaired) electrons. The van der Waals surface area contributed by atoms with Gasteiger partial charge in [0.25, 0.3) is 10.2 Å². The molecule has 0 aromatic carbocycles. The van der Waals surface area contributed by atoms with Gasteiger partial charge in [-0.2, -0.15) is 27.6 Å².